The van der Waals surface area contributed by atoms with Crippen molar-refractivity contribution in [3.05, 3.63) is 70.8 Å². The molecule has 4 rings (SSSR count). The van der Waals surface area contributed by atoms with E-state index in [-0.39, 0.29) is 11.4 Å². The zero-order valence-electron chi connectivity index (χ0n) is 19.5. The van der Waals surface area contributed by atoms with Gasteiger partial charge in [-0.3, -0.25) is 9.69 Å². The van der Waals surface area contributed by atoms with E-state index >= 15 is 0 Å². The van der Waals surface area contributed by atoms with Gasteiger partial charge >= 0.3 is 0 Å². The van der Waals surface area contributed by atoms with E-state index in [4.69, 9.17) is 10.00 Å². The first-order chi connectivity index (χ1) is 16.1. The monoisotopic (exact) mass is 443 g/mol. The van der Waals surface area contributed by atoms with Gasteiger partial charge in [-0.2, -0.15) is 5.26 Å². The summed E-state index contributed by atoms with van der Waals surface area (Å²) in [6.07, 6.45) is 11.2. The number of fused-ring (bicyclic) bond motifs is 1. The maximum absolute atomic E-state index is 12.8. The standard InChI is InChI=1S/C28H33N3O2/c1-33-26-10-6-22(7-11-26)8-12-27(32)30-28(14-3-2-4-15-28)16-18-31-17-13-24-19-23(20-29)5-9-25(24)21-31/h5-12,19H,2-4,13-18,21H2,1H3,(H,30,32). The second-order valence-electron chi connectivity index (χ2n) is 9.31. The molecule has 172 valence electrons. The van der Waals surface area contributed by atoms with Crippen LogP contribution in [-0.2, 0) is 17.8 Å². The average molecular weight is 444 g/mol. The number of methoxy groups -OCH3 is 1. The van der Waals surface area contributed by atoms with E-state index in [0.717, 1.165) is 62.2 Å². The van der Waals surface area contributed by atoms with Crippen LogP contribution in [0.25, 0.3) is 6.08 Å². The van der Waals surface area contributed by atoms with Crippen LogP contribution in [0.3, 0.4) is 0 Å². The second kappa shape index (κ2) is 10.7. The Balaban J connectivity index is 1.36. The highest BCUT2D eigenvalue weighted by atomic mass is 16.5. The largest absolute Gasteiger partial charge is 0.497 e. The minimum atomic E-state index is -0.121. The van der Waals surface area contributed by atoms with Crippen molar-refractivity contribution in [3.63, 3.8) is 0 Å². The Morgan fingerprint density at radius 1 is 1.15 bits per heavy atom. The lowest BCUT2D eigenvalue weighted by Gasteiger charge is -2.40. The number of benzene rings is 2. The van der Waals surface area contributed by atoms with Gasteiger partial charge in [0.2, 0.25) is 5.91 Å². The molecule has 5 nitrogen and oxygen atoms in total. The Morgan fingerprint density at radius 2 is 1.94 bits per heavy atom. The Kier molecular flexibility index (Phi) is 7.47. The molecule has 5 heteroatoms. The molecule has 0 aromatic heterocycles. The number of ether oxygens (including phenoxy) is 1. The first kappa shape index (κ1) is 23.1. The van der Waals surface area contributed by atoms with Crippen LogP contribution in [0.2, 0.25) is 0 Å². The zero-order chi connectivity index (χ0) is 23.1. The van der Waals surface area contributed by atoms with E-state index in [9.17, 15) is 4.79 Å². The fourth-order valence-electron chi connectivity index (χ4n) is 5.10. The molecule has 2 aromatic rings. The molecule has 0 bridgehead atoms. The van der Waals surface area contributed by atoms with Crippen LogP contribution >= 0.6 is 0 Å². The topological polar surface area (TPSA) is 65.4 Å². The second-order valence-corrected chi connectivity index (χ2v) is 9.31. The van der Waals surface area contributed by atoms with E-state index in [0.29, 0.717) is 0 Å². The Labute approximate surface area is 197 Å². The molecule has 0 spiro atoms. The van der Waals surface area contributed by atoms with Crippen molar-refractivity contribution < 1.29 is 9.53 Å². The molecule has 0 saturated heterocycles. The number of nitriles is 1. The maximum atomic E-state index is 12.8. The molecule has 2 aromatic carbocycles. The number of rotatable bonds is 7. The average Bonchev–Trinajstić information content (AvgIpc) is 2.86. The quantitative estimate of drug-likeness (QED) is 0.622. The van der Waals surface area contributed by atoms with Crippen LogP contribution < -0.4 is 10.1 Å². The molecule has 0 unspecified atom stereocenters. The van der Waals surface area contributed by atoms with Crippen molar-refractivity contribution in [2.24, 2.45) is 0 Å². The summed E-state index contributed by atoms with van der Waals surface area (Å²) in [5, 5.41) is 12.5. The molecule has 1 aliphatic carbocycles. The summed E-state index contributed by atoms with van der Waals surface area (Å²) < 4.78 is 5.20. The third-order valence-corrected chi connectivity index (χ3v) is 7.08. The Bertz CT molecular complexity index is 1030. The van der Waals surface area contributed by atoms with Gasteiger partial charge in [0.25, 0.3) is 0 Å². The molecule has 33 heavy (non-hydrogen) atoms. The minimum Gasteiger partial charge on any atom is -0.497 e. The normalized spacial score (nSPS) is 17.8. The smallest absolute Gasteiger partial charge is 0.244 e. The molecule has 1 aliphatic heterocycles. The molecule has 0 atom stereocenters. The van der Waals surface area contributed by atoms with Crippen molar-refractivity contribution in [3.8, 4) is 11.8 Å². The van der Waals surface area contributed by atoms with Crippen LogP contribution in [0, 0.1) is 11.3 Å². The van der Waals surface area contributed by atoms with Crippen LogP contribution in [0.15, 0.2) is 48.5 Å². The number of amides is 1. The van der Waals surface area contributed by atoms with Gasteiger partial charge in [-0.1, -0.05) is 37.5 Å². The summed E-state index contributed by atoms with van der Waals surface area (Å²) in [5.74, 6) is 0.796. The number of carbonyl (C=O) groups is 1. The van der Waals surface area contributed by atoms with E-state index in [1.807, 2.05) is 42.5 Å². The van der Waals surface area contributed by atoms with Crippen molar-refractivity contribution in [2.75, 3.05) is 20.2 Å². The van der Waals surface area contributed by atoms with Gasteiger partial charge in [-0.05, 0) is 72.7 Å². The van der Waals surface area contributed by atoms with Crippen molar-refractivity contribution in [2.45, 2.75) is 57.0 Å². The third kappa shape index (κ3) is 6.03. The molecule has 1 N–H and O–H groups in total. The highest BCUT2D eigenvalue weighted by Gasteiger charge is 2.33. The van der Waals surface area contributed by atoms with E-state index in [2.05, 4.69) is 22.4 Å². The van der Waals surface area contributed by atoms with E-state index in [1.165, 1.54) is 30.4 Å². The number of nitrogens with zero attached hydrogens (tertiary/aromatic N) is 2. The summed E-state index contributed by atoms with van der Waals surface area (Å²) in [6, 6.07) is 16.0. The summed E-state index contributed by atoms with van der Waals surface area (Å²) in [5.41, 5.74) is 4.23. The van der Waals surface area contributed by atoms with Crippen LogP contribution in [0.1, 0.15) is 60.8 Å². The molecular formula is C28H33N3O2. The maximum Gasteiger partial charge on any atom is 0.244 e. The number of nitrogens with one attached hydrogen (secondary N) is 1. The SMILES string of the molecule is COc1ccc(C=CC(=O)NC2(CCN3CCc4cc(C#N)ccc4C3)CCCCC2)cc1. The van der Waals surface area contributed by atoms with Gasteiger partial charge in [0.1, 0.15) is 5.75 Å². The summed E-state index contributed by atoms with van der Waals surface area (Å²) in [6.45, 7) is 2.90. The predicted molar refractivity (Wildman–Crippen MR) is 131 cm³/mol. The van der Waals surface area contributed by atoms with Gasteiger partial charge in [-0.25, -0.2) is 0 Å². The van der Waals surface area contributed by atoms with Crippen molar-refractivity contribution >= 4 is 12.0 Å². The fraction of sp³-hybridized carbons (Fsp3) is 0.429. The van der Waals surface area contributed by atoms with Crippen molar-refractivity contribution in [1.29, 1.82) is 5.26 Å². The van der Waals surface area contributed by atoms with Gasteiger partial charge in [-0.15, -0.1) is 0 Å². The lowest BCUT2D eigenvalue weighted by molar-refractivity contribution is -0.118. The Hall–Kier alpha value is -3.10. The molecule has 1 saturated carbocycles. The van der Waals surface area contributed by atoms with Gasteiger partial charge < -0.3 is 10.1 Å². The number of hydrogen-bond acceptors (Lipinski definition) is 4. The fourth-order valence-corrected chi connectivity index (χ4v) is 5.10. The summed E-state index contributed by atoms with van der Waals surface area (Å²) >= 11 is 0. The highest BCUT2D eigenvalue weighted by Crippen LogP contribution is 2.32. The van der Waals surface area contributed by atoms with E-state index < -0.39 is 0 Å². The van der Waals surface area contributed by atoms with E-state index in [1.54, 1.807) is 13.2 Å². The highest BCUT2D eigenvalue weighted by molar-refractivity contribution is 5.92. The molecule has 1 amide bonds. The minimum absolute atomic E-state index is 0.0132. The first-order valence-electron chi connectivity index (χ1n) is 12.0. The lowest BCUT2D eigenvalue weighted by atomic mass is 9.79. The van der Waals surface area contributed by atoms with Gasteiger partial charge in [0, 0.05) is 31.2 Å². The predicted octanol–water partition coefficient (Wildman–Crippen LogP) is 4.85. The summed E-state index contributed by atoms with van der Waals surface area (Å²) in [4.78, 5) is 15.3. The van der Waals surface area contributed by atoms with Crippen molar-refractivity contribution in [1.82, 2.24) is 10.2 Å². The molecule has 0 radical (unpaired) electrons. The Morgan fingerprint density at radius 3 is 2.67 bits per heavy atom. The molecule has 1 heterocycles. The third-order valence-electron chi connectivity index (χ3n) is 7.08. The molecule has 1 fully saturated rings. The first-order valence-corrected chi connectivity index (χ1v) is 12.0. The number of hydrogen-bond donors (Lipinski definition) is 1. The molecular weight excluding hydrogens is 410 g/mol. The zero-order valence-corrected chi connectivity index (χ0v) is 19.5. The van der Waals surface area contributed by atoms with Gasteiger partial charge in [0.15, 0.2) is 0 Å². The van der Waals surface area contributed by atoms with Crippen LogP contribution in [-0.4, -0.2) is 36.5 Å². The summed E-state index contributed by atoms with van der Waals surface area (Å²) in [7, 11) is 1.65. The van der Waals surface area contributed by atoms with Gasteiger partial charge in [0.05, 0.1) is 18.7 Å². The van der Waals surface area contributed by atoms with Crippen LogP contribution in [0.5, 0.6) is 5.75 Å². The number of carbonyl (C=O) groups excluding carboxylic acids is 1. The van der Waals surface area contributed by atoms with Crippen LogP contribution in [0.4, 0.5) is 0 Å². The molecule has 2 aliphatic rings. The lowest BCUT2D eigenvalue weighted by Crippen LogP contribution is -2.51.